The number of hydrogen-bond acceptors (Lipinski definition) is 5. The number of benzene rings is 3. The molecule has 0 atom stereocenters. The summed E-state index contributed by atoms with van der Waals surface area (Å²) in [5.41, 5.74) is 5.67. The van der Waals surface area contributed by atoms with E-state index >= 15 is 0 Å². The molecule has 4 aromatic rings. The average Bonchev–Trinajstić information content (AvgIpc) is 3.10. The predicted octanol–water partition coefficient (Wildman–Crippen LogP) is 3.81. The van der Waals surface area contributed by atoms with Crippen molar-refractivity contribution >= 4 is 28.4 Å². The number of aromatic nitrogens is 2. The molecule has 4 rings (SSSR count). The Balaban J connectivity index is 0.00000342. The van der Waals surface area contributed by atoms with Crippen LogP contribution in [-0.2, 0) is 0 Å². The van der Waals surface area contributed by atoms with Crippen molar-refractivity contribution in [3.8, 4) is 5.69 Å². The Morgan fingerprint density at radius 2 is 1.46 bits per heavy atom. The molecule has 1 heterocycles. The summed E-state index contributed by atoms with van der Waals surface area (Å²) in [5, 5.41) is 20.4. The van der Waals surface area contributed by atoms with Crippen molar-refractivity contribution in [1.29, 1.82) is 0 Å². The normalized spacial score (nSPS) is 11.8. The van der Waals surface area contributed by atoms with Crippen LogP contribution in [0, 0.1) is 13.8 Å². The molecule has 1 N–H and O–H groups in total. The molecule has 1 aromatic heterocycles. The quantitative estimate of drug-likeness (QED) is 0.324. The van der Waals surface area contributed by atoms with Crippen molar-refractivity contribution in [2.75, 3.05) is 21.1 Å². The van der Waals surface area contributed by atoms with Crippen molar-refractivity contribution in [2.24, 2.45) is 20.5 Å². The molecule has 9 heteroatoms. The number of azo groups is 2. The summed E-state index contributed by atoms with van der Waals surface area (Å²) in [4.78, 5) is 12.8. The molecule has 0 bridgehead atoms. The van der Waals surface area contributed by atoms with Crippen LogP contribution in [0.3, 0.4) is 0 Å². The highest BCUT2D eigenvalue weighted by molar-refractivity contribution is 5.55. The fourth-order valence-electron chi connectivity index (χ4n) is 3.42. The van der Waals surface area contributed by atoms with Crippen LogP contribution in [0.1, 0.15) is 11.3 Å². The summed E-state index contributed by atoms with van der Waals surface area (Å²) >= 11 is 0. The Morgan fingerprint density at radius 3 is 2.14 bits per heavy atom. The zero-order valence-electron chi connectivity index (χ0n) is 20.4. The molecule has 0 aliphatic heterocycles. The second-order valence-corrected chi connectivity index (χ2v) is 8.96. The van der Waals surface area contributed by atoms with E-state index in [2.05, 4.69) is 52.8 Å². The summed E-state index contributed by atoms with van der Waals surface area (Å²) in [6.07, 6.45) is 0. The maximum Gasteiger partial charge on any atom is 0.299 e. The number of hydrogen-bond donors (Lipinski definition) is 1. The number of nitrogens with zero attached hydrogens (tertiary/aromatic N) is 6. The molecule has 180 valence electrons. The largest absolute Gasteiger partial charge is 1.00 e. The Morgan fingerprint density at radius 1 is 0.771 bits per heavy atom. The number of halogens is 1. The summed E-state index contributed by atoms with van der Waals surface area (Å²) in [7, 11) is 6.33. The lowest BCUT2D eigenvalue weighted by Crippen LogP contribution is -3.00. The number of rotatable bonds is 6. The molecule has 8 nitrogen and oxygen atoms in total. The van der Waals surface area contributed by atoms with Gasteiger partial charge in [-0.2, -0.15) is 15.3 Å². The van der Waals surface area contributed by atoms with E-state index in [-0.39, 0.29) is 23.7 Å². The van der Waals surface area contributed by atoms with Crippen LogP contribution in [0.15, 0.2) is 98.0 Å². The SMILES string of the molecule is Cc1cc(N=Nc2c(C)[nH]n(-c3ccccc3)c2=O)ccc1N=Nc1cccc([N+](C)(C)C)c1.[Cl-]. The molecule has 0 aliphatic rings. The highest BCUT2D eigenvalue weighted by Crippen LogP contribution is 2.29. The van der Waals surface area contributed by atoms with Crippen LogP contribution in [0.4, 0.5) is 28.4 Å². The molecule has 0 unspecified atom stereocenters. The first-order valence-electron chi connectivity index (χ1n) is 11.0. The Labute approximate surface area is 210 Å². The van der Waals surface area contributed by atoms with Crippen molar-refractivity contribution in [3.05, 3.63) is 94.4 Å². The molecule has 0 amide bonds. The predicted molar refractivity (Wildman–Crippen MR) is 137 cm³/mol. The van der Waals surface area contributed by atoms with Crippen LogP contribution >= 0.6 is 0 Å². The highest BCUT2D eigenvalue weighted by atomic mass is 35.5. The standard InChI is InChI=1S/C26H27N7O.ClH/c1-18-16-21(14-15-24(18)29-27-20-10-9-13-23(17-20)33(3,4)5)28-30-25-19(2)31-32(26(25)34)22-11-7-6-8-12-22;/h6-17H,1-5H3;1H. The highest BCUT2D eigenvalue weighted by Gasteiger charge is 2.13. The van der Waals surface area contributed by atoms with Crippen LogP contribution < -0.4 is 22.4 Å². The van der Waals surface area contributed by atoms with Crippen LogP contribution in [-0.4, -0.2) is 30.9 Å². The van der Waals surface area contributed by atoms with Gasteiger partial charge in [0.05, 0.1) is 49.6 Å². The maximum absolute atomic E-state index is 12.8. The van der Waals surface area contributed by atoms with Gasteiger partial charge in [0.15, 0.2) is 5.69 Å². The van der Waals surface area contributed by atoms with E-state index in [0.29, 0.717) is 15.9 Å². The number of nitrogens with one attached hydrogen (secondary N) is 1. The van der Waals surface area contributed by atoms with Gasteiger partial charge in [-0.15, -0.1) is 5.11 Å². The summed E-state index contributed by atoms with van der Waals surface area (Å²) in [5.74, 6) is 0. The molecule has 0 saturated carbocycles. The Bertz CT molecular complexity index is 1430. The number of H-pyrrole nitrogens is 1. The molecule has 0 radical (unpaired) electrons. The third-order valence-electron chi connectivity index (χ3n) is 5.38. The monoisotopic (exact) mass is 489 g/mol. The summed E-state index contributed by atoms with van der Waals surface area (Å²) < 4.78 is 2.17. The van der Waals surface area contributed by atoms with E-state index in [0.717, 1.165) is 28.3 Å². The zero-order valence-corrected chi connectivity index (χ0v) is 21.2. The molecule has 0 spiro atoms. The lowest BCUT2D eigenvalue weighted by molar-refractivity contribution is -0.00000746. The molecule has 35 heavy (non-hydrogen) atoms. The van der Waals surface area contributed by atoms with Gasteiger partial charge < -0.3 is 12.4 Å². The van der Waals surface area contributed by atoms with E-state index in [9.17, 15) is 4.79 Å². The van der Waals surface area contributed by atoms with Gasteiger partial charge >= 0.3 is 0 Å². The van der Waals surface area contributed by atoms with Crippen molar-refractivity contribution in [3.63, 3.8) is 0 Å². The maximum atomic E-state index is 12.8. The minimum atomic E-state index is -0.245. The van der Waals surface area contributed by atoms with E-state index < -0.39 is 0 Å². The number of para-hydroxylation sites is 1. The Hall–Kier alpha value is -3.88. The van der Waals surface area contributed by atoms with Crippen LogP contribution in [0.25, 0.3) is 5.69 Å². The third-order valence-corrected chi connectivity index (χ3v) is 5.38. The van der Waals surface area contributed by atoms with Gasteiger partial charge in [0.1, 0.15) is 5.69 Å². The second kappa shape index (κ2) is 10.6. The van der Waals surface area contributed by atoms with Gasteiger partial charge in [-0.05, 0) is 61.9 Å². The topological polar surface area (TPSA) is 87.2 Å². The smallest absolute Gasteiger partial charge is 0.299 e. The number of aromatic amines is 1. The molecule has 0 aliphatic carbocycles. The number of quaternary nitrogens is 1. The first-order chi connectivity index (χ1) is 16.2. The average molecular weight is 490 g/mol. The molecular weight excluding hydrogens is 462 g/mol. The van der Waals surface area contributed by atoms with E-state index in [4.69, 9.17) is 0 Å². The molecular formula is C26H28ClN7O. The van der Waals surface area contributed by atoms with Crippen molar-refractivity contribution in [1.82, 2.24) is 14.3 Å². The van der Waals surface area contributed by atoms with Gasteiger partial charge in [-0.3, -0.25) is 14.4 Å². The fraction of sp³-hybridized carbons (Fsp3) is 0.192. The summed E-state index contributed by atoms with van der Waals surface area (Å²) in [6.45, 7) is 3.75. The minimum Gasteiger partial charge on any atom is -1.00 e. The lowest BCUT2D eigenvalue weighted by atomic mass is 10.2. The van der Waals surface area contributed by atoms with Gasteiger partial charge in [0, 0.05) is 6.07 Å². The van der Waals surface area contributed by atoms with Gasteiger partial charge in [0.25, 0.3) is 5.56 Å². The van der Waals surface area contributed by atoms with Crippen LogP contribution in [0.5, 0.6) is 0 Å². The van der Waals surface area contributed by atoms with Gasteiger partial charge in [-0.25, -0.2) is 4.68 Å². The minimum absolute atomic E-state index is 0. The summed E-state index contributed by atoms with van der Waals surface area (Å²) in [6, 6.07) is 22.9. The van der Waals surface area contributed by atoms with Crippen molar-refractivity contribution in [2.45, 2.75) is 13.8 Å². The third kappa shape index (κ3) is 5.98. The fourth-order valence-corrected chi connectivity index (χ4v) is 3.42. The first kappa shape index (κ1) is 25.7. The van der Waals surface area contributed by atoms with Gasteiger partial charge in [0.2, 0.25) is 0 Å². The molecule has 0 saturated heterocycles. The van der Waals surface area contributed by atoms with E-state index in [1.165, 1.54) is 4.68 Å². The van der Waals surface area contributed by atoms with Crippen molar-refractivity contribution < 1.29 is 12.4 Å². The van der Waals surface area contributed by atoms with E-state index in [1.54, 1.807) is 6.92 Å². The Kier molecular flexibility index (Phi) is 7.78. The number of aryl methyl sites for hydroxylation is 2. The van der Waals surface area contributed by atoms with E-state index in [1.807, 2.05) is 73.7 Å². The molecule has 3 aromatic carbocycles. The van der Waals surface area contributed by atoms with Gasteiger partial charge in [-0.1, -0.05) is 24.3 Å². The first-order valence-corrected chi connectivity index (χ1v) is 11.0. The zero-order chi connectivity index (χ0) is 24.3. The van der Waals surface area contributed by atoms with Crippen LogP contribution in [0.2, 0.25) is 0 Å². The second-order valence-electron chi connectivity index (χ2n) is 8.96. The lowest BCUT2D eigenvalue weighted by Gasteiger charge is -2.23. The molecule has 0 fully saturated rings.